The van der Waals surface area contributed by atoms with Crippen LogP contribution in [0.25, 0.3) is 0 Å². The van der Waals surface area contributed by atoms with Crippen molar-refractivity contribution in [1.29, 1.82) is 0 Å². The summed E-state index contributed by atoms with van der Waals surface area (Å²) in [6.45, 7) is 9.50. The second kappa shape index (κ2) is 7.77. The fraction of sp³-hybridized carbons (Fsp3) is 0.667. The van der Waals surface area contributed by atoms with Crippen LogP contribution in [0.2, 0.25) is 0 Å². The molecule has 4 heteroatoms. The van der Waals surface area contributed by atoms with Gasteiger partial charge in [0.1, 0.15) is 0 Å². The Labute approximate surface area is 152 Å². The molecule has 2 heterocycles. The molecule has 138 valence electrons. The van der Waals surface area contributed by atoms with E-state index in [2.05, 4.69) is 59.4 Å². The van der Waals surface area contributed by atoms with Crippen molar-refractivity contribution in [2.24, 2.45) is 10.4 Å². The smallest absolute Gasteiger partial charge is 0.193 e. The van der Waals surface area contributed by atoms with Crippen LogP contribution in [0.3, 0.4) is 0 Å². The average Bonchev–Trinajstić information content (AvgIpc) is 3.30. The summed E-state index contributed by atoms with van der Waals surface area (Å²) in [5.74, 6) is 1.05. The van der Waals surface area contributed by atoms with Crippen LogP contribution in [-0.4, -0.2) is 50.8 Å². The van der Waals surface area contributed by atoms with Gasteiger partial charge in [-0.05, 0) is 31.2 Å². The Morgan fingerprint density at radius 1 is 1.24 bits per heavy atom. The predicted molar refractivity (Wildman–Crippen MR) is 104 cm³/mol. The first-order valence-corrected chi connectivity index (χ1v) is 9.76. The average molecular weight is 344 g/mol. The van der Waals surface area contributed by atoms with Crippen LogP contribution >= 0.6 is 0 Å². The quantitative estimate of drug-likeness (QED) is 0.657. The van der Waals surface area contributed by atoms with E-state index in [1.807, 2.05) is 7.05 Å². The maximum Gasteiger partial charge on any atom is 0.193 e. The maximum absolute atomic E-state index is 5.66. The van der Waals surface area contributed by atoms with Crippen molar-refractivity contribution in [3.05, 3.63) is 35.9 Å². The van der Waals surface area contributed by atoms with E-state index < -0.39 is 0 Å². The van der Waals surface area contributed by atoms with Crippen molar-refractivity contribution < 1.29 is 4.74 Å². The van der Waals surface area contributed by atoms with E-state index in [4.69, 9.17) is 4.74 Å². The molecule has 2 aliphatic rings. The minimum atomic E-state index is 0.158. The van der Waals surface area contributed by atoms with Gasteiger partial charge in [0, 0.05) is 44.1 Å². The number of benzene rings is 1. The number of rotatable bonds is 5. The Bertz CT molecular complexity index is 574. The first-order chi connectivity index (χ1) is 12.2. The molecule has 0 aromatic heterocycles. The predicted octanol–water partition coefficient (Wildman–Crippen LogP) is 3.43. The second-order valence-electron chi connectivity index (χ2n) is 7.73. The molecule has 1 aromatic rings. The summed E-state index contributed by atoms with van der Waals surface area (Å²) in [4.78, 5) is 7.01. The Hall–Kier alpha value is -1.55. The van der Waals surface area contributed by atoms with Gasteiger partial charge < -0.3 is 15.0 Å². The highest BCUT2D eigenvalue weighted by Gasteiger charge is 2.42. The minimum Gasteiger partial charge on any atom is -0.381 e. The van der Waals surface area contributed by atoms with Crippen LogP contribution in [0.4, 0.5) is 0 Å². The standard InChI is InChI=1S/C21H33N3O/c1-4-21(5-2,18-9-7-6-8-10-18)15-23-19(22-3)24-13-11-20(16-24)12-14-25-17-20/h6-10H,4-5,11-17H2,1-3H3,(H,22,23). The monoisotopic (exact) mass is 343 g/mol. The molecule has 1 N–H and O–H groups in total. The lowest BCUT2D eigenvalue weighted by Crippen LogP contribution is -2.47. The first kappa shape index (κ1) is 18.2. The van der Waals surface area contributed by atoms with Crippen LogP contribution in [0.5, 0.6) is 0 Å². The summed E-state index contributed by atoms with van der Waals surface area (Å²) >= 11 is 0. The van der Waals surface area contributed by atoms with E-state index in [-0.39, 0.29) is 5.41 Å². The van der Waals surface area contributed by atoms with Gasteiger partial charge in [-0.1, -0.05) is 44.2 Å². The van der Waals surface area contributed by atoms with Gasteiger partial charge in [0.2, 0.25) is 0 Å². The molecule has 0 aliphatic carbocycles. The van der Waals surface area contributed by atoms with Gasteiger partial charge in [-0.25, -0.2) is 0 Å². The molecule has 1 atom stereocenters. The molecule has 2 saturated heterocycles. The van der Waals surface area contributed by atoms with Crippen LogP contribution in [0.1, 0.15) is 45.1 Å². The van der Waals surface area contributed by atoms with Gasteiger partial charge in [-0.15, -0.1) is 0 Å². The zero-order valence-electron chi connectivity index (χ0n) is 16.1. The summed E-state index contributed by atoms with van der Waals surface area (Å²) in [5, 5.41) is 3.69. The molecule has 0 bridgehead atoms. The molecule has 0 saturated carbocycles. The zero-order chi connectivity index (χ0) is 17.8. The normalized spacial score (nSPS) is 24.3. The number of nitrogens with one attached hydrogen (secondary N) is 1. The van der Waals surface area contributed by atoms with E-state index in [1.165, 1.54) is 18.4 Å². The van der Waals surface area contributed by atoms with Crippen molar-refractivity contribution >= 4 is 5.96 Å². The third kappa shape index (κ3) is 3.69. The number of ether oxygens (including phenoxy) is 1. The Morgan fingerprint density at radius 3 is 2.60 bits per heavy atom. The molecule has 0 amide bonds. The lowest BCUT2D eigenvalue weighted by molar-refractivity contribution is 0.156. The van der Waals surface area contributed by atoms with E-state index in [0.29, 0.717) is 5.41 Å². The fourth-order valence-corrected chi connectivity index (χ4v) is 4.47. The van der Waals surface area contributed by atoms with Gasteiger partial charge in [0.05, 0.1) is 6.61 Å². The van der Waals surface area contributed by atoms with Crippen molar-refractivity contribution in [1.82, 2.24) is 10.2 Å². The van der Waals surface area contributed by atoms with Crippen molar-refractivity contribution in [3.63, 3.8) is 0 Å². The van der Waals surface area contributed by atoms with E-state index in [0.717, 1.165) is 51.6 Å². The summed E-state index contributed by atoms with van der Waals surface area (Å²) in [6, 6.07) is 10.9. The third-order valence-electron chi connectivity index (χ3n) is 6.46. The summed E-state index contributed by atoms with van der Waals surface area (Å²) in [6.07, 6.45) is 4.65. The second-order valence-corrected chi connectivity index (χ2v) is 7.73. The molecule has 0 radical (unpaired) electrons. The molecule has 25 heavy (non-hydrogen) atoms. The SMILES string of the molecule is CCC(CC)(CNC(=NC)N1CCC2(CCOC2)C1)c1ccccc1. The molecular weight excluding hydrogens is 310 g/mol. The molecule has 1 aromatic carbocycles. The van der Waals surface area contributed by atoms with E-state index in [9.17, 15) is 0 Å². The van der Waals surface area contributed by atoms with Crippen LogP contribution < -0.4 is 5.32 Å². The largest absolute Gasteiger partial charge is 0.381 e. The number of hydrogen-bond acceptors (Lipinski definition) is 2. The summed E-state index contributed by atoms with van der Waals surface area (Å²) < 4.78 is 5.66. The molecule has 2 fully saturated rings. The molecule has 3 rings (SSSR count). The molecule has 2 aliphatic heterocycles. The molecule has 4 nitrogen and oxygen atoms in total. The summed E-state index contributed by atoms with van der Waals surface area (Å²) in [5.41, 5.74) is 1.94. The van der Waals surface area contributed by atoms with Crippen molar-refractivity contribution in [2.45, 2.75) is 44.9 Å². The van der Waals surface area contributed by atoms with Gasteiger partial charge in [0.15, 0.2) is 5.96 Å². The fourth-order valence-electron chi connectivity index (χ4n) is 4.47. The highest BCUT2D eigenvalue weighted by atomic mass is 16.5. The highest BCUT2D eigenvalue weighted by Crippen LogP contribution is 2.38. The summed E-state index contributed by atoms with van der Waals surface area (Å²) in [7, 11) is 1.90. The molecular formula is C21H33N3O. The van der Waals surface area contributed by atoms with Gasteiger partial charge in [-0.2, -0.15) is 0 Å². The number of aliphatic imine (C=N–C) groups is 1. The number of guanidine groups is 1. The zero-order valence-corrected chi connectivity index (χ0v) is 16.1. The Morgan fingerprint density at radius 2 is 2.00 bits per heavy atom. The number of hydrogen-bond donors (Lipinski definition) is 1. The Balaban J connectivity index is 1.67. The number of nitrogens with zero attached hydrogens (tertiary/aromatic N) is 2. The minimum absolute atomic E-state index is 0.158. The van der Waals surface area contributed by atoms with Crippen molar-refractivity contribution in [3.8, 4) is 0 Å². The lowest BCUT2D eigenvalue weighted by Gasteiger charge is -2.34. The third-order valence-corrected chi connectivity index (χ3v) is 6.46. The van der Waals surface area contributed by atoms with E-state index >= 15 is 0 Å². The van der Waals surface area contributed by atoms with Crippen molar-refractivity contribution in [2.75, 3.05) is 39.9 Å². The maximum atomic E-state index is 5.66. The van der Waals surface area contributed by atoms with Gasteiger partial charge >= 0.3 is 0 Å². The highest BCUT2D eigenvalue weighted by molar-refractivity contribution is 5.80. The first-order valence-electron chi connectivity index (χ1n) is 9.76. The lowest BCUT2D eigenvalue weighted by atomic mass is 9.76. The van der Waals surface area contributed by atoms with Crippen LogP contribution in [0, 0.1) is 5.41 Å². The number of likely N-dealkylation sites (tertiary alicyclic amines) is 1. The molecule has 1 spiro atoms. The van der Waals surface area contributed by atoms with Gasteiger partial charge in [-0.3, -0.25) is 4.99 Å². The Kier molecular flexibility index (Phi) is 5.67. The van der Waals surface area contributed by atoms with Gasteiger partial charge in [0.25, 0.3) is 0 Å². The van der Waals surface area contributed by atoms with E-state index in [1.54, 1.807) is 0 Å². The molecule has 1 unspecified atom stereocenters. The van der Waals surface area contributed by atoms with Crippen LogP contribution in [0.15, 0.2) is 35.3 Å². The topological polar surface area (TPSA) is 36.9 Å². The van der Waals surface area contributed by atoms with Crippen LogP contribution in [-0.2, 0) is 10.2 Å².